The van der Waals surface area contributed by atoms with Gasteiger partial charge in [-0.05, 0) is 28.1 Å². The Morgan fingerprint density at radius 3 is 2.50 bits per heavy atom. The lowest BCUT2D eigenvalue weighted by molar-refractivity contribution is 0.145. The average molecular weight is 411 g/mol. The molecule has 1 saturated heterocycles. The van der Waals surface area contributed by atoms with Crippen LogP contribution in [0.15, 0.2) is 16.6 Å². The smallest absolute Gasteiger partial charge is 0.136 e. The van der Waals surface area contributed by atoms with Crippen molar-refractivity contribution in [2.24, 2.45) is 0 Å². The van der Waals surface area contributed by atoms with Crippen LogP contribution in [0.25, 0.3) is 0 Å². The van der Waals surface area contributed by atoms with Crippen molar-refractivity contribution in [1.82, 2.24) is 10.2 Å². The van der Waals surface area contributed by atoms with E-state index in [0.29, 0.717) is 15.1 Å². The zero-order chi connectivity index (χ0) is 13.1. The molecule has 1 aromatic rings. The summed E-state index contributed by atoms with van der Waals surface area (Å²) in [6, 6.07) is 2.84. The van der Waals surface area contributed by atoms with Crippen molar-refractivity contribution in [3.05, 3.63) is 27.2 Å². The van der Waals surface area contributed by atoms with Crippen LogP contribution in [0.4, 0.5) is 4.39 Å². The van der Waals surface area contributed by atoms with Crippen molar-refractivity contribution >= 4 is 52.3 Å². The Hall–Kier alpha value is 0.220. The van der Waals surface area contributed by atoms with Gasteiger partial charge >= 0.3 is 0 Å². The lowest BCUT2D eigenvalue weighted by Crippen LogP contribution is -2.45. The zero-order valence-electron chi connectivity index (χ0n) is 10.6. The van der Waals surface area contributed by atoms with E-state index < -0.39 is 12.7 Å². The second kappa shape index (κ2) is 9.28. The van der Waals surface area contributed by atoms with Gasteiger partial charge in [0, 0.05) is 36.8 Å². The maximum absolute atomic E-state index is 13.4. The van der Waals surface area contributed by atoms with Crippen LogP contribution < -0.4 is 5.32 Å². The Morgan fingerprint density at radius 2 is 1.95 bits per heavy atom. The fraction of sp³-hybridized carbons (Fsp3) is 0.500. The number of phenols is 1. The summed E-state index contributed by atoms with van der Waals surface area (Å²) in [5.74, 6) is 0.0312. The number of benzene rings is 1. The molecule has 0 saturated carbocycles. The van der Waals surface area contributed by atoms with Crippen LogP contribution in [0, 0.1) is 0 Å². The van der Waals surface area contributed by atoms with Crippen molar-refractivity contribution in [3.63, 3.8) is 0 Å². The van der Waals surface area contributed by atoms with Gasteiger partial charge in [-0.15, -0.1) is 24.8 Å². The van der Waals surface area contributed by atoms with E-state index in [1.165, 1.54) is 0 Å². The molecule has 3 nitrogen and oxygen atoms in total. The minimum Gasteiger partial charge on any atom is -0.506 e. The molecule has 0 spiro atoms. The monoisotopic (exact) mass is 408 g/mol. The van der Waals surface area contributed by atoms with Crippen LogP contribution in [-0.2, 0) is 0 Å². The van der Waals surface area contributed by atoms with Gasteiger partial charge in [0.25, 0.3) is 0 Å². The number of phenolic OH excluding ortho intramolecular Hbond substituents is 1. The topological polar surface area (TPSA) is 35.5 Å². The zero-order valence-corrected chi connectivity index (χ0v) is 14.6. The van der Waals surface area contributed by atoms with Crippen LogP contribution in [0.5, 0.6) is 5.75 Å². The standard InChI is InChI=1S/C12H15BrClFN2O.2ClH/c13-8-1-2-9(14)11(12(8)18)10(7-15)17-5-3-16-4-6-17;;/h1-2,10,16,18H,3-7H2;2*1H/t10-;;/m1../s1. The first-order valence-corrected chi connectivity index (χ1v) is 7.00. The van der Waals surface area contributed by atoms with Crippen LogP contribution in [0.2, 0.25) is 5.02 Å². The molecule has 0 radical (unpaired) electrons. The second-order valence-corrected chi connectivity index (χ2v) is 5.51. The van der Waals surface area contributed by atoms with E-state index in [1.807, 2.05) is 4.90 Å². The third-order valence-electron chi connectivity index (χ3n) is 3.19. The molecule has 1 atom stereocenters. The molecule has 1 aliphatic heterocycles. The number of hydrogen-bond acceptors (Lipinski definition) is 3. The maximum atomic E-state index is 13.4. The first kappa shape index (κ1) is 20.2. The summed E-state index contributed by atoms with van der Waals surface area (Å²) >= 11 is 9.34. The first-order chi connectivity index (χ1) is 8.65. The molecule has 0 bridgehead atoms. The highest BCUT2D eigenvalue weighted by Gasteiger charge is 2.27. The van der Waals surface area contributed by atoms with Gasteiger partial charge < -0.3 is 10.4 Å². The Labute approximate surface area is 143 Å². The Morgan fingerprint density at radius 1 is 1.35 bits per heavy atom. The SMILES string of the molecule is Cl.Cl.Oc1c(Br)ccc(Cl)c1[C@@H](CF)N1CCNCC1. The number of hydrogen-bond donors (Lipinski definition) is 2. The molecule has 0 aliphatic carbocycles. The van der Waals surface area contributed by atoms with E-state index in [4.69, 9.17) is 11.6 Å². The third kappa shape index (κ3) is 4.36. The number of halogens is 5. The summed E-state index contributed by atoms with van der Waals surface area (Å²) in [5, 5.41) is 13.7. The number of nitrogens with one attached hydrogen (secondary N) is 1. The molecule has 116 valence electrons. The van der Waals surface area contributed by atoms with E-state index in [2.05, 4.69) is 21.2 Å². The van der Waals surface area contributed by atoms with Crippen molar-refractivity contribution in [2.45, 2.75) is 6.04 Å². The minimum atomic E-state index is -0.566. The summed E-state index contributed by atoms with van der Waals surface area (Å²) in [7, 11) is 0. The number of rotatable bonds is 3. The Kier molecular flexibility index (Phi) is 9.38. The van der Waals surface area contributed by atoms with Crippen LogP contribution in [-0.4, -0.2) is 42.9 Å². The molecule has 1 aliphatic rings. The highest BCUT2D eigenvalue weighted by Crippen LogP contribution is 2.39. The molecule has 1 aromatic carbocycles. The van der Waals surface area contributed by atoms with E-state index in [9.17, 15) is 9.50 Å². The van der Waals surface area contributed by atoms with Crippen molar-refractivity contribution in [1.29, 1.82) is 0 Å². The molecule has 0 aromatic heterocycles. The molecular weight excluding hydrogens is 393 g/mol. The number of alkyl halides is 1. The van der Waals surface area contributed by atoms with Gasteiger partial charge in [-0.2, -0.15) is 0 Å². The fourth-order valence-corrected chi connectivity index (χ4v) is 2.85. The Balaban J connectivity index is 0.00000180. The van der Waals surface area contributed by atoms with Crippen molar-refractivity contribution in [2.75, 3.05) is 32.9 Å². The van der Waals surface area contributed by atoms with E-state index in [1.54, 1.807) is 12.1 Å². The maximum Gasteiger partial charge on any atom is 0.136 e. The number of piperazine rings is 1. The summed E-state index contributed by atoms with van der Waals surface area (Å²) in [4.78, 5) is 2.00. The van der Waals surface area contributed by atoms with Crippen LogP contribution in [0.1, 0.15) is 11.6 Å². The van der Waals surface area contributed by atoms with Gasteiger partial charge in [-0.3, -0.25) is 4.90 Å². The summed E-state index contributed by atoms with van der Waals surface area (Å²) in [5.41, 5.74) is 0.468. The molecule has 1 heterocycles. The normalized spacial score (nSPS) is 16.9. The van der Waals surface area contributed by atoms with Crippen molar-refractivity contribution in [3.8, 4) is 5.75 Å². The molecule has 8 heteroatoms. The lowest BCUT2D eigenvalue weighted by Gasteiger charge is -2.34. The summed E-state index contributed by atoms with van der Waals surface area (Å²) in [6.45, 7) is 2.57. The van der Waals surface area contributed by atoms with E-state index >= 15 is 0 Å². The van der Waals surface area contributed by atoms with Crippen LogP contribution >= 0.6 is 52.3 Å². The predicted molar refractivity (Wildman–Crippen MR) is 88.5 cm³/mol. The Bertz CT molecular complexity index is 433. The van der Waals surface area contributed by atoms with Gasteiger partial charge in [0.1, 0.15) is 12.4 Å². The predicted octanol–water partition coefficient (Wildman–Crippen LogP) is 3.57. The van der Waals surface area contributed by atoms with Crippen molar-refractivity contribution < 1.29 is 9.50 Å². The van der Waals surface area contributed by atoms with Gasteiger partial charge in [0.15, 0.2) is 0 Å². The largest absolute Gasteiger partial charge is 0.506 e. The highest BCUT2D eigenvalue weighted by atomic mass is 79.9. The molecule has 1 fully saturated rings. The molecule has 0 amide bonds. The quantitative estimate of drug-likeness (QED) is 0.800. The third-order valence-corrected chi connectivity index (χ3v) is 4.16. The number of nitrogens with zero attached hydrogens (tertiary/aromatic N) is 1. The van der Waals surface area contributed by atoms with E-state index in [0.717, 1.165) is 26.2 Å². The van der Waals surface area contributed by atoms with Gasteiger partial charge in [0.2, 0.25) is 0 Å². The molecule has 2 N–H and O–H groups in total. The lowest BCUT2D eigenvalue weighted by atomic mass is 10.0. The number of aromatic hydroxyl groups is 1. The van der Waals surface area contributed by atoms with Crippen LogP contribution in [0.3, 0.4) is 0 Å². The average Bonchev–Trinajstić information content (AvgIpc) is 2.40. The minimum absolute atomic E-state index is 0. The second-order valence-electron chi connectivity index (χ2n) is 4.25. The molecular formula is C12H17BrCl3FN2O. The molecule has 20 heavy (non-hydrogen) atoms. The van der Waals surface area contributed by atoms with Gasteiger partial charge in [-0.1, -0.05) is 11.6 Å². The summed E-state index contributed by atoms with van der Waals surface area (Å²) in [6.07, 6.45) is 0. The van der Waals surface area contributed by atoms with E-state index in [-0.39, 0.29) is 30.6 Å². The molecule has 2 rings (SSSR count). The first-order valence-electron chi connectivity index (χ1n) is 5.82. The van der Waals surface area contributed by atoms with Gasteiger partial charge in [-0.25, -0.2) is 4.39 Å². The van der Waals surface area contributed by atoms with Gasteiger partial charge in [0.05, 0.1) is 10.5 Å². The highest BCUT2D eigenvalue weighted by molar-refractivity contribution is 9.10. The fourth-order valence-electron chi connectivity index (χ4n) is 2.22. The summed E-state index contributed by atoms with van der Waals surface area (Å²) < 4.78 is 13.9. The molecule has 0 unspecified atom stereocenters.